The molecule has 6 nitrogen and oxygen atoms in total. The zero-order valence-electron chi connectivity index (χ0n) is 11.8. The van der Waals surface area contributed by atoms with Crippen LogP contribution in [0.4, 0.5) is 0 Å². The smallest absolute Gasteiger partial charge is 0.333 e. The van der Waals surface area contributed by atoms with Crippen LogP contribution in [0.25, 0.3) is 5.52 Å². The maximum atomic E-state index is 12.2. The molecule has 0 atom stereocenters. The Morgan fingerprint density at radius 3 is 2.85 bits per heavy atom. The highest BCUT2D eigenvalue weighted by molar-refractivity contribution is 5.88. The predicted molar refractivity (Wildman–Crippen MR) is 74.6 cm³/mol. The second-order valence-electron chi connectivity index (χ2n) is 4.45. The minimum atomic E-state index is -0.359. The van der Waals surface area contributed by atoms with Gasteiger partial charge in [0.25, 0.3) is 5.56 Å². The Bertz CT molecular complexity index is 725. The topological polar surface area (TPSA) is 65.6 Å². The first-order valence-electron chi connectivity index (χ1n) is 6.39. The fourth-order valence-corrected chi connectivity index (χ4v) is 2.00. The van der Waals surface area contributed by atoms with Crippen molar-refractivity contribution >= 4 is 11.5 Å². The van der Waals surface area contributed by atoms with Gasteiger partial charge in [-0.2, -0.15) is 5.10 Å². The Hall–Kier alpha value is -2.37. The molecule has 0 saturated carbocycles. The van der Waals surface area contributed by atoms with Crippen molar-refractivity contribution in [1.29, 1.82) is 0 Å². The van der Waals surface area contributed by atoms with Gasteiger partial charge >= 0.3 is 5.97 Å². The molecule has 106 valence electrons. The molecule has 2 aromatic heterocycles. The highest BCUT2D eigenvalue weighted by Crippen LogP contribution is 2.04. The number of carbonyl (C=O) groups excluding carboxylic acids is 1. The van der Waals surface area contributed by atoms with Crippen molar-refractivity contribution in [3.8, 4) is 0 Å². The van der Waals surface area contributed by atoms with Gasteiger partial charge in [0.05, 0.1) is 12.8 Å². The summed E-state index contributed by atoms with van der Waals surface area (Å²) in [6.45, 7) is 4.04. The summed E-state index contributed by atoms with van der Waals surface area (Å²) >= 11 is 0. The van der Waals surface area contributed by atoms with E-state index in [-0.39, 0.29) is 11.5 Å². The van der Waals surface area contributed by atoms with Crippen LogP contribution in [0.15, 0.2) is 34.9 Å². The van der Waals surface area contributed by atoms with Gasteiger partial charge in [-0.25, -0.2) is 9.31 Å². The van der Waals surface area contributed by atoms with Crippen molar-refractivity contribution < 1.29 is 9.53 Å². The van der Waals surface area contributed by atoms with Crippen LogP contribution in [-0.2, 0) is 16.1 Å². The van der Waals surface area contributed by atoms with Gasteiger partial charge in [0, 0.05) is 24.5 Å². The van der Waals surface area contributed by atoms with Crippen molar-refractivity contribution in [3.63, 3.8) is 0 Å². The van der Waals surface area contributed by atoms with Gasteiger partial charge in [0.15, 0.2) is 0 Å². The number of methoxy groups -OCH3 is 1. The molecule has 0 fully saturated rings. The Kier molecular flexibility index (Phi) is 4.02. The van der Waals surface area contributed by atoms with Gasteiger partial charge in [-0.1, -0.05) is 13.0 Å². The monoisotopic (exact) mass is 275 g/mol. The first-order chi connectivity index (χ1) is 9.56. The molecule has 0 aromatic carbocycles. The van der Waals surface area contributed by atoms with Crippen molar-refractivity contribution in [2.24, 2.45) is 0 Å². The molecule has 2 rings (SSSR count). The van der Waals surface area contributed by atoms with Gasteiger partial charge in [-0.3, -0.25) is 4.79 Å². The van der Waals surface area contributed by atoms with Gasteiger partial charge < -0.3 is 9.30 Å². The summed E-state index contributed by atoms with van der Waals surface area (Å²) in [6.07, 6.45) is 5.66. The van der Waals surface area contributed by atoms with Gasteiger partial charge in [0.1, 0.15) is 5.52 Å². The second-order valence-corrected chi connectivity index (χ2v) is 4.45. The Morgan fingerprint density at radius 2 is 2.20 bits per heavy atom. The molecule has 0 bridgehead atoms. The van der Waals surface area contributed by atoms with Crippen molar-refractivity contribution in [2.75, 3.05) is 7.11 Å². The lowest BCUT2D eigenvalue weighted by atomic mass is 10.2. The van der Waals surface area contributed by atoms with Crippen LogP contribution in [0.3, 0.4) is 0 Å². The molecule has 0 aliphatic rings. The molecule has 6 heteroatoms. The number of hydrogen-bond acceptors (Lipinski definition) is 4. The molecule has 0 saturated heterocycles. The van der Waals surface area contributed by atoms with Crippen LogP contribution in [-0.4, -0.2) is 27.3 Å². The average molecular weight is 275 g/mol. The van der Waals surface area contributed by atoms with E-state index in [0.29, 0.717) is 24.1 Å². The number of esters is 1. The van der Waals surface area contributed by atoms with Crippen molar-refractivity contribution in [3.05, 3.63) is 46.2 Å². The number of ether oxygens (including phenoxy) is 1. The summed E-state index contributed by atoms with van der Waals surface area (Å²) in [5, 5.41) is 4.18. The van der Waals surface area contributed by atoms with E-state index < -0.39 is 0 Å². The summed E-state index contributed by atoms with van der Waals surface area (Å²) in [7, 11) is 1.35. The largest absolute Gasteiger partial charge is 0.466 e. The number of aryl methyl sites for hydroxylation is 1. The van der Waals surface area contributed by atoms with Crippen LogP contribution in [0.2, 0.25) is 0 Å². The Balaban J connectivity index is 2.34. The molecule has 2 heterocycles. The third-order valence-corrected chi connectivity index (χ3v) is 3.09. The normalized spacial score (nSPS) is 11.8. The third kappa shape index (κ3) is 2.64. The molecular weight excluding hydrogens is 258 g/mol. The quantitative estimate of drug-likeness (QED) is 0.623. The van der Waals surface area contributed by atoms with E-state index in [1.807, 2.05) is 13.8 Å². The minimum absolute atomic E-state index is 0.135. The first-order valence-corrected chi connectivity index (χ1v) is 6.39. The summed E-state index contributed by atoms with van der Waals surface area (Å²) in [5.41, 5.74) is 1.74. The van der Waals surface area contributed by atoms with Crippen LogP contribution >= 0.6 is 0 Å². The van der Waals surface area contributed by atoms with E-state index in [4.69, 9.17) is 0 Å². The zero-order chi connectivity index (χ0) is 14.7. The van der Waals surface area contributed by atoms with Crippen LogP contribution in [0, 0.1) is 6.92 Å². The van der Waals surface area contributed by atoms with Gasteiger partial charge in [-0.05, 0) is 19.4 Å². The minimum Gasteiger partial charge on any atom is -0.466 e. The number of rotatable bonds is 4. The van der Waals surface area contributed by atoms with E-state index in [9.17, 15) is 9.59 Å². The number of nitrogens with zero attached hydrogens (tertiary/aromatic N) is 3. The standard InChI is InChI=1S/C14H17N3O3/c1-4-11(14(19)20-3)5-6-16-7-8-17-12(13(16)18)9-10(2)15-17/h5,7-9H,4,6H2,1-3H3/b11-5-. The summed E-state index contributed by atoms with van der Waals surface area (Å²) in [6, 6.07) is 1.74. The SMILES string of the molecule is CC/C(=C/Cn1ccn2nc(C)cc2c1=O)C(=O)OC. The lowest BCUT2D eigenvalue weighted by molar-refractivity contribution is -0.136. The van der Waals surface area contributed by atoms with Gasteiger partial charge in [0.2, 0.25) is 0 Å². The van der Waals surface area contributed by atoms with Crippen LogP contribution in [0.1, 0.15) is 19.0 Å². The van der Waals surface area contributed by atoms with E-state index in [2.05, 4.69) is 9.84 Å². The first kappa shape index (κ1) is 14.0. The average Bonchev–Trinajstić information content (AvgIpc) is 2.82. The number of hydrogen-bond donors (Lipinski definition) is 0. The number of fused-ring (bicyclic) bond motifs is 1. The lowest BCUT2D eigenvalue weighted by Crippen LogP contribution is -2.21. The highest BCUT2D eigenvalue weighted by atomic mass is 16.5. The fourth-order valence-electron chi connectivity index (χ4n) is 2.00. The Labute approximate surface area is 116 Å². The molecule has 0 aliphatic heterocycles. The van der Waals surface area contributed by atoms with E-state index in [1.54, 1.807) is 29.1 Å². The molecule has 20 heavy (non-hydrogen) atoms. The molecule has 0 radical (unpaired) electrons. The summed E-state index contributed by atoms with van der Waals surface area (Å²) in [4.78, 5) is 23.7. The highest BCUT2D eigenvalue weighted by Gasteiger charge is 2.08. The number of allylic oxidation sites excluding steroid dienone is 1. The summed E-state index contributed by atoms with van der Waals surface area (Å²) in [5.74, 6) is -0.359. The molecule has 0 amide bonds. The van der Waals surface area contributed by atoms with Crippen LogP contribution in [0.5, 0.6) is 0 Å². The third-order valence-electron chi connectivity index (χ3n) is 3.09. The van der Waals surface area contributed by atoms with Gasteiger partial charge in [-0.15, -0.1) is 0 Å². The van der Waals surface area contributed by atoms with E-state index >= 15 is 0 Å². The molecule has 2 aromatic rings. The second kappa shape index (κ2) is 5.73. The molecule has 0 N–H and O–H groups in total. The van der Waals surface area contributed by atoms with E-state index in [0.717, 1.165) is 5.69 Å². The summed E-state index contributed by atoms with van der Waals surface area (Å²) < 4.78 is 7.78. The molecule has 0 aliphatic carbocycles. The zero-order valence-corrected chi connectivity index (χ0v) is 11.8. The molecule has 0 spiro atoms. The maximum absolute atomic E-state index is 12.2. The van der Waals surface area contributed by atoms with E-state index in [1.165, 1.54) is 11.7 Å². The molecule has 0 unspecified atom stereocenters. The molecular formula is C14H17N3O3. The number of aromatic nitrogens is 3. The van der Waals surface area contributed by atoms with Crippen LogP contribution < -0.4 is 5.56 Å². The maximum Gasteiger partial charge on any atom is 0.333 e. The van der Waals surface area contributed by atoms with Crippen molar-refractivity contribution in [2.45, 2.75) is 26.8 Å². The van der Waals surface area contributed by atoms with Crippen molar-refractivity contribution in [1.82, 2.24) is 14.2 Å². The Morgan fingerprint density at radius 1 is 1.45 bits per heavy atom. The fraction of sp³-hybridized carbons (Fsp3) is 0.357. The predicted octanol–water partition coefficient (Wildman–Crippen LogP) is 1.31. The number of carbonyl (C=O) groups is 1. The lowest BCUT2D eigenvalue weighted by Gasteiger charge is -2.05.